The van der Waals surface area contributed by atoms with Crippen LogP contribution in [-0.2, 0) is 17.4 Å². The Morgan fingerprint density at radius 2 is 1.57 bits per heavy atom. The highest BCUT2D eigenvalue weighted by Gasteiger charge is 2.34. The van der Waals surface area contributed by atoms with Gasteiger partial charge in [-0.15, -0.1) is 0 Å². The molecule has 0 aromatic heterocycles. The molecule has 0 unspecified atom stereocenters. The predicted octanol–water partition coefficient (Wildman–Crippen LogP) is 4.28. The largest absolute Gasteiger partial charge is 0.480 e. The van der Waals surface area contributed by atoms with Gasteiger partial charge < -0.3 is 10.4 Å². The summed E-state index contributed by atoms with van der Waals surface area (Å²) in [5.41, 5.74) is -0.852. The summed E-state index contributed by atoms with van der Waals surface area (Å²) >= 11 is 0. The Morgan fingerprint density at radius 1 is 0.929 bits per heavy atom. The summed E-state index contributed by atoms with van der Waals surface area (Å²) in [5, 5.41) is 13.2. The van der Waals surface area contributed by atoms with E-state index in [-0.39, 0.29) is 11.1 Å². The number of alkyl halides is 3. The van der Waals surface area contributed by atoms with Crippen LogP contribution in [0.25, 0.3) is 10.8 Å². The maximum atomic E-state index is 13.2. The molecule has 3 aromatic carbocycles. The van der Waals surface area contributed by atoms with Gasteiger partial charge in [-0.25, -0.2) is 4.79 Å². The molecule has 144 valence electrons. The normalized spacial score (nSPS) is 12.5. The third-order valence-electron chi connectivity index (χ3n) is 4.38. The average Bonchev–Trinajstić information content (AvgIpc) is 2.66. The summed E-state index contributed by atoms with van der Waals surface area (Å²) < 4.78 is 39.5. The van der Waals surface area contributed by atoms with Crippen LogP contribution in [0.5, 0.6) is 0 Å². The molecule has 1 amide bonds. The third kappa shape index (κ3) is 4.14. The number of hydrogen-bond donors (Lipinski definition) is 2. The second-order valence-corrected chi connectivity index (χ2v) is 6.25. The quantitative estimate of drug-likeness (QED) is 0.687. The highest BCUT2D eigenvalue weighted by Crippen LogP contribution is 2.32. The molecule has 0 saturated carbocycles. The first-order valence-corrected chi connectivity index (χ1v) is 8.44. The van der Waals surface area contributed by atoms with Gasteiger partial charge in [-0.05, 0) is 28.5 Å². The van der Waals surface area contributed by atoms with Crippen molar-refractivity contribution in [2.75, 3.05) is 0 Å². The number of aliphatic carboxylic acids is 1. The van der Waals surface area contributed by atoms with Gasteiger partial charge in [0, 0.05) is 12.0 Å². The molecule has 0 aliphatic carbocycles. The maximum absolute atomic E-state index is 13.2. The molecule has 0 fully saturated rings. The molecule has 0 heterocycles. The molecule has 1 atom stereocenters. The zero-order valence-electron chi connectivity index (χ0n) is 14.5. The summed E-state index contributed by atoms with van der Waals surface area (Å²) in [6.07, 6.45) is -5.10. The van der Waals surface area contributed by atoms with Gasteiger partial charge in [0.05, 0.1) is 5.56 Å². The zero-order chi connectivity index (χ0) is 20.3. The highest BCUT2D eigenvalue weighted by molar-refractivity contribution is 6.07. The second-order valence-electron chi connectivity index (χ2n) is 6.25. The lowest BCUT2D eigenvalue weighted by Gasteiger charge is -2.18. The number of carboxylic acids is 1. The molecule has 3 rings (SSSR count). The highest BCUT2D eigenvalue weighted by atomic mass is 19.4. The Morgan fingerprint density at radius 3 is 2.29 bits per heavy atom. The van der Waals surface area contributed by atoms with Gasteiger partial charge in [-0.1, -0.05) is 54.6 Å². The number of nitrogens with one attached hydrogen (secondary N) is 1. The first kappa shape index (κ1) is 19.4. The van der Waals surface area contributed by atoms with E-state index in [4.69, 9.17) is 0 Å². The number of fused-ring (bicyclic) bond motifs is 1. The standard InChI is InChI=1S/C21H16F3NO3/c22-21(23,24)17-11-4-2-7-14(17)12-18(20(27)28)25-19(26)16-10-5-8-13-6-1-3-9-15(13)16/h1-11,18H,12H2,(H,25,26)(H,27,28)/t18-/m0/s1. The first-order chi connectivity index (χ1) is 13.3. The molecule has 28 heavy (non-hydrogen) atoms. The number of amides is 1. The molecule has 0 saturated heterocycles. The van der Waals surface area contributed by atoms with Gasteiger partial charge in [0.25, 0.3) is 5.91 Å². The number of carbonyl (C=O) groups is 2. The molecule has 0 bridgehead atoms. The summed E-state index contributed by atoms with van der Waals surface area (Å²) in [5.74, 6) is -2.07. The smallest absolute Gasteiger partial charge is 0.416 e. The van der Waals surface area contributed by atoms with Crippen molar-refractivity contribution in [3.63, 3.8) is 0 Å². The van der Waals surface area contributed by atoms with Crippen LogP contribution in [0.4, 0.5) is 13.2 Å². The SMILES string of the molecule is O=C(N[C@@H](Cc1ccccc1C(F)(F)F)C(=O)O)c1cccc2ccccc12. The number of carboxylic acid groups (broad SMARTS) is 1. The summed E-state index contributed by atoms with van der Waals surface area (Å²) in [7, 11) is 0. The van der Waals surface area contributed by atoms with Gasteiger partial charge in [0.2, 0.25) is 0 Å². The predicted molar refractivity (Wildman–Crippen MR) is 98.0 cm³/mol. The van der Waals surface area contributed by atoms with Gasteiger partial charge in [-0.2, -0.15) is 13.2 Å². The maximum Gasteiger partial charge on any atom is 0.416 e. The molecule has 4 nitrogen and oxygen atoms in total. The lowest BCUT2D eigenvalue weighted by atomic mass is 9.99. The molecular formula is C21H16F3NO3. The van der Waals surface area contributed by atoms with E-state index in [9.17, 15) is 27.9 Å². The minimum Gasteiger partial charge on any atom is -0.480 e. The van der Waals surface area contributed by atoms with Crippen molar-refractivity contribution in [2.45, 2.75) is 18.6 Å². The Balaban J connectivity index is 1.89. The van der Waals surface area contributed by atoms with Crippen molar-refractivity contribution in [1.29, 1.82) is 0 Å². The molecule has 2 N–H and O–H groups in total. The van der Waals surface area contributed by atoms with Crippen LogP contribution in [0.3, 0.4) is 0 Å². The number of rotatable bonds is 5. The lowest BCUT2D eigenvalue weighted by molar-refractivity contribution is -0.141. The number of carbonyl (C=O) groups excluding carboxylic acids is 1. The molecular weight excluding hydrogens is 371 g/mol. The van der Waals surface area contributed by atoms with E-state index in [0.29, 0.717) is 5.39 Å². The fourth-order valence-corrected chi connectivity index (χ4v) is 3.05. The first-order valence-electron chi connectivity index (χ1n) is 8.44. The Hall–Kier alpha value is -3.35. The number of benzene rings is 3. The Kier molecular flexibility index (Phi) is 5.35. The van der Waals surface area contributed by atoms with E-state index in [1.54, 1.807) is 42.5 Å². The van der Waals surface area contributed by atoms with E-state index in [0.717, 1.165) is 11.5 Å². The van der Waals surface area contributed by atoms with Crippen LogP contribution in [-0.4, -0.2) is 23.0 Å². The van der Waals surface area contributed by atoms with Crippen LogP contribution < -0.4 is 5.32 Å². The summed E-state index contributed by atoms with van der Waals surface area (Å²) in [4.78, 5) is 24.2. The minimum atomic E-state index is -4.61. The molecule has 3 aromatic rings. The fourth-order valence-electron chi connectivity index (χ4n) is 3.05. The van der Waals surface area contributed by atoms with Crippen molar-refractivity contribution in [3.8, 4) is 0 Å². The van der Waals surface area contributed by atoms with Crippen LogP contribution in [0, 0.1) is 0 Å². The Bertz CT molecular complexity index is 1030. The average molecular weight is 387 g/mol. The van der Waals surface area contributed by atoms with Gasteiger partial charge in [0.15, 0.2) is 0 Å². The van der Waals surface area contributed by atoms with Crippen LogP contribution in [0.1, 0.15) is 21.5 Å². The number of halogens is 3. The fraction of sp³-hybridized carbons (Fsp3) is 0.143. The molecule has 0 spiro atoms. The van der Waals surface area contributed by atoms with Gasteiger partial charge in [0.1, 0.15) is 6.04 Å². The summed E-state index contributed by atoms with van der Waals surface area (Å²) in [6, 6.07) is 15.3. The molecule has 0 aliphatic heterocycles. The van der Waals surface area contributed by atoms with Crippen molar-refractivity contribution >= 4 is 22.6 Å². The minimum absolute atomic E-state index is 0.194. The van der Waals surface area contributed by atoms with Crippen molar-refractivity contribution in [1.82, 2.24) is 5.32 Å². The van der Waals surface area contributed by atoms with E-state index < -0.39 is 36.1 Å². The van der Waals surface area contributed by atoms with Crippen LogP contribution >= 0.6 is 0 Å². The molecule has 7 heteroatoms. The third-order valence-corrected chi connectivity index (χ3v) is 4.38. The van der Waals surface area contributed by atoms with Crippen LogP contribution in [0.15, 0.2) is 66.7 Å². The molecule has 0 aliphatic rings. The zero-order valence-corrected chi connectivity index (χ0v) is 14.5. The Labute approximate surface area is 158 Å². The van der Waals surface area contributed by atoms with Crippen molar-refractivity contribution in [2.24, 2.45) is 0 Å². The lowest BCUT2D eigenvalue weighted by Crippen LogP contribution is -2.42. The van der Waals surface area contributed by atoms with E-state index in [1.165, 1.54) is 18.2 Å². The van der Waals surface area contributed by atoms with Gasteiger partial charge >= 0.3 is 12.1 Å². The van der Waals surface area contributed by atoms with E-state index in [1.807, 2.05) is 0 Å². The molecule has 0 radical (unpaired) electrons. The van der Waals surface area contributed by atoms with E-state index >= 15 is 0 Å². The van der Waals surface area contributed by atoms with Crippen LogP contribution in [0.2, 0.25) is 0 Å². The van der Waals surface area contributed by atoms with E-state index in [2.05, 4.69) is 5.32 Å². The topological polar surface area (TPSA) is 66.4 Å². The number of hydrogen-bond acceptors (Lipinski definition) is 2. The monoisotopic (exact) mass is 387 g/mol. The second kappa shape index (κ2) is 7.72. The summed E-state index contributed by atoms with van der Waals surface area (Å²) in [6.45, 7) is 0. The van der Waals surface area contributed by atoms with Crippen molar-refractivity contribution in [3.05, 3.63) is 83.4 Å². The van der Waals surface area contributed by atoms with Crippen molar-refractivity contribution < 1.29 is 27.9 Å². The van der Waals surface area contributed by atoms with Gasteiger partial charge in [-0.3, -0.25) is 4.79 Å².